The summed E-state index contributed by atoms with van der Waals surface area (Å²) in [6.45, 7) is 4.58. The molecule has 0 amide bonds. The summed E-state index contributed by atoms with van der Waals surface area (Å²) in [5, 5.41) is 0. The zero-order valence-corrected chi connectivity index (χ0v) is 10.9. The van der Waals surface area contributed by atoms with Crippen molar-refractivity contribution in [2.75, 3.05) is 7.11 Å². The van der Waals surface area contributed by atoms with Crippen LogP contribution in [-0.4, -0.2) is 17.1 Å². The first kappa shape index (κ1) is 12.3. The summed E-state index contributed by atoms with van der Waals surface area (Å²) in [6, 6.07) is 0. The Morgan fingerprint density at radius 2 is 1.71 bits per heavy atom. The number of hydrogen-bond donors (Lipinski definition) is 1. The molecule has 2 N–H and O–H groups in total. The number of hydrogen-bond acceptors (Lipinski definition) is 4. The molecular formula is C13H21N3O. The van der Waals surface area contributed by atoms with Gasteiger partial charge in [-0.25, -0.2) is 4.98 Å². The van der Waals surface area contributed by atoms with Gasteiger partial charge in [0.05, 0.1) is 12.6 Å². The Morgan fingerprint density at radius 3 is 2.29 bits per heavy atom. The van der Waals surface area contributed by atoms with E-state index in [0.717, 1.165) is 31.4 Å². The van der Waals surface area contributed by atoms with Crippen molar-refractivity contribution >= 4 is 0 Å². The van der Waals surface area contributed by atoms with Crippen LogP contribution in [0, 0.1) is 5.41 Å². The fourth-order valence-electron chi connectivity index (χ4n) is 2.43. The summed E-state index contributed by atoms with van der Waals surface area (Å²) in [5.41, 5.74) is 7.31. The van der Waals surface area contributed by atoms with Crippen LogP contribution >= 0.6 is 0 Å². The van der Waals surface area contributed by atoms with E-state index in [1.807, 2.05) is 0 Å². The summed E-state index contributed by atoms with van der Waals surface area (Å²) >= 11 is 0. The molecule has 1 heterocycles. The molecule has 17 heavy (non-hydrogen) atoms. The van der Waals surface area contributed by atoms with E-state index in [-0.39, 0.29) is 5.54 Å². The van der Waals surface area contributed by atoms with E-state index < -0.39 is 0 Å². The van der Waals surface area contributed by atoms with Crippen LogP contribution in [0.3, 0.4) is 0 Å². The highest BCUT2D eigenvalue weighted by Crippen LogP contribution is 2.44. The second-order valence-electron chi connectivity index (χ2n) is 5.73. The molecule has 0 saturated heterocycles. The summed E-state index contributed by atoms with van der Waals surface area (Å²) in [4.78, 5) is 8.57. The van der Waals surface area contributed by atoms with Gasteiger partial charge in [0.15, 0.2) is 0 Å². The smallest absolute Gasteiger partial charge is 0.237 e. The van der Waals surface area contributed by atoms with E-state index in [2.05, 4.69) is 23.8 Å². The Kier molecular flexibility index (Phi) is 3.08. The van der Waals surface area contributed by atoms with Crippen LogP contribution in [0.5, 0.6) is 5.88 Å². The lowest BCUT2D eigenvalue weighted by Crippen LogP contribution is -2.43. The van der Waals surface area contributed by atoms with Gasteiger partial charge in [0.25, 0.3) is 0 Å². The van der Waals surface area contributed by atoms with Crippen molar-refractivity contribution in [1.29, 1.82) is 0 Å². The van der Waals surface area contributed by atoms with Crippen molar-refractivity contribution in [1.82, 2.24) is 9.97 Å². The Bertz CT molecular complexity index is 393. The van der Waals surface area contributed by atoms with Crippen LogP contribution < -0.4 is 10.5 Å². The molecule has 0 aromatic carbocycles. The maximum atomic E-state index is 6.50. The zero-order chi connectivity index (χ0) is 12.5. The molecule has 94 valence electrons. The van der Waals surface area contributed by atoms with Crippen LogP contribution in [0.4, 0.5) is 0 Å². The van der Waals surface area contributed by atoms with E-state index in [4.69, 9.17) is 10.5 Å². The van der Waals surface area contributed by atoms with Crippen molar-refractivity contribution in [2.24, 2.45) is 11.1 Å². The quantitative estimate of drug-likeness (QED) is 0.854. The van der Waals surface area contributed by atoms with E-state index >= 15 is 0 Å². The molecule has 0 atom stereocenters. The van der Waals surface area contributed by atoms with E-state index in [0.29, 0.717) is 11.3 Å². The summed E-state index contributed by atoms with van der Waals surface area (Å²) < 4.78 is 5.26. The molecule has 0 bridgehead atoms. The molecule has 1 aromatic heterocycles. The Morgan fingerprint density at radius 1 is 1.12 bits per heavy atom. The largest absolute Gasteiger partial charge is 0.480 e. The summed E-state index contributed by atoms with van der Waals surface area (Å²) in [6.07, 6.45) is 7.43. The van der Waals surface area contributed by atoms with Gasteiger partial charge in [0, 0.05) is 12.4 Å². The first-order valence-corrected chi connectivity index (χ1v) is 6.11. The van der Waals surface area contributed by atoms with Gasteiger partial charge in [-0.1, -0.05) is 13.8 Å². The lowest BCUT2D eigenvalue weighted by molar-refractivity contribution is 0.158. The maximum Gasteiger partial charge on any atom is 0.237 e. The summed E-state index contributed by atoms with van der Waals surface area (Å²) in [5.74, 6) is 0.565. The van der Waals surface area contributed by atoms with E-state index in [9.17, 15) is 0 Å². The number of ether oxygens (including phenoxy) is 1. The molecule has 1 aliphatic rings. The average molecular weight is 235 g/mol. The monoisotopic (exact) mass is 235 g/mol. The first-order chi connectivity index (χ1) is 7.97. The van der Waals surface area contributed by atoms with Crippen molar-refractivity contribution in [2.45, 2.75) is 45.1 Å². The number of aromatic nitrogens is 2. The topological polar surface area (TPSA) is 61.0 Å². The minimum Gasteiger partial charge on any atom is -0.480 e. The molecule has 2 rings (SSSR count). The van der Waals surface area contributed by atoms with Crippen LogP contribution in [-0.2, 0) is 5.54 Å². The van der Waals surface area contributed by atoms with Gasteiger partial charge in [0.1, 0.15) is 5.69 Å². The molecule has 4 nitrogen and oxygen atoms in total. The van der Waals surface area contributed by atoms with Crippen LogP contribution in [0.1, 0.15) is 45.2 Å². The normalized spacial score (nSPS) is 22.1. The van der Waals surface area contributed by atoms with Gasteiger partial charge in [-0.05, 0) is 31.1 Å². The van der Waals surface area contributed by atoms with E-state index in [1.165, 1.54) is 0 Å². The summed E-state index contributed by atoms with van der Waals surface area (Å²) in [7, 11) is 1.61. The number of nitrogens with zero attached hydrogens (tertiary/aromatic N) is 2. The third-order valence-electron chi connectivity index (χ3n) is 3.83. The lowest BCUT2D eigenvalue weighted by Gasteiger charge is -2.40. The molecule has 0 radical (unpaired) electrons. The minimum atomic E-state index is -0.380. The molecule has 0 unspecified atom stereocenters. The zero-order valence-electron chi connectivity index (χ0n) is 10.9. The third-order valence-corrected chi connectivity index (χ3v) is 3.83. The fourth-order valence-corrected chi connectivity index (χ4v) is 2.43. The predicted octanol–water partition coefficient (Wildman–Crippen LogP) is 2.24. The lowest BCUT2D eigenvalue weighted by atomic mass is 9.68. The van der Waals surface area contributed by atoms with Crippen molar-refractivity contribution in [3.63, 3.8) is 0 Å². The second-order valence-corrected chi connectivity index (χ2v) is 5.73. The fraction of sp³-hybridized carbons (Fsp3) is 0.692. The molecule has 4 heteroatoms. The highest BCUT2D eigenvalue weighted by atomic mass is 16.5. The predicted molar refractivity (Wildman–Crippen MR) is 66.7 cm³/mol. The molecule has 1 aromatic rings. The van der Waals surface area contributed by atoms with Gasteiger partial charge in [-0.15, -0.1) is 0 Å². The van der Waals surface area contributed by atoms with Crippen molar-refractivity contribution in [3.05, 3.63) is 18.1 Å². The van der Waals surface area contributed by atoms with Crippen molar-refractivity contribution in [3.8, 4) is 5.88 Å². The Hall–Kier alpha value is -1.16. The molecule has 0 spiro atoms. The van der Waals surface area contributed by atoms with Crippen LogP contribution in [0.2, 0.25) is 0 Å². The standard InChI is InChI=1S/C13H21N3O/c1-12(2)4-6-13(14,7-5-12)10-11(17-3)16-9-8-15-10/h8-9H,4-7,14H2,1-3H3. The Balaban J connectivity index is 2.27. The number of nitrogens with two attached hydrogens (primary N) is 1. The molecule has 1 fully saturated rings. The second kappa shape index (κ2) is 4.26. The molecule has 1 aliphatic carbocycles. The third kappa shape index (κ3) is 2.41. The van der Waals surface area contributed by atoms with Gasteiger partial charge >= 0.3 is 0 Å². The maximum absolute atomic E-state index is 6.50. The van der Waals surface area contributed by atoms with Crippen molar-refractivity contribution < 1.29 is 4.74 Å². The molecular weight excluding hydrogens is 214 g/mol. The molecule has 0 aliphatic heterocycles. The van der Waals surface area contributed by atoms with Gasteiger partial charge < -0.3 is 10.5 Å². The SMILES string of the molecule is COc1nccnc1C1(N)CCC(C)(C)CC1. The van der Waals surface area contributed by atoms with Gasteiger partial charge in [-0.2, -0.15) is 0 Å². The molecule has 1 saturated carbocycles. The highest BCUT2D eigenvalue weighted by Gasteiger charge is 2.39. The Labute approximate surface area is 103 Å². The number of methoxy groups -OCH3 is 1. The van der Waals surface area contributed by atoms with Crippen LogP contribution in [0.15, 0.2) is 12.4 Å². The van der Waals surface area contributed by atoms with Gasteiger partial charge in [-0.3, -0.25) is 4.98 Å². The first-order valence-electron chi connectivity index (χ1n) is 6.11. The van der Waals surface area contributed by atoms with Gasteiger partial charge in [0.2, 0.25) is 5.88 Å². The highest BCUT2D eigenvalue weighted by molar-refractivity contribution is 5.26. The van der Waals surface area contributed by atoms with E-state index in [1.54, 1.807) is 19.5 Å². The average Bonchev–Trinajstić information content (AvgIpc) is 2.33. The minimum absolute atomic E-state index is 0.380. The van der Waals surface area contributed by atoms with Crippen LogP contribution in [0.25, 0.3) is 0 Å². The number of rotatable bonds is 2.